The quantitative estimate of drug-likeness (QED) is 0.785. The Morgan fingerprint density at radius 3 is 2.72 bits per heavy atom. The van der Waals surface area contributed by atoms with Crippen molar-refractivity contribution in [2.24, 2.45) is 5.92 Å². The maximum absolute atomic E-state index is 5.66. The van der Waals surface area contributed by atoms with Gasteiger partial charge in [-0.3, -0.25) is 0 Å². The largest absolute Gasteiger partial charge is 0.493 e. The lowest BCUT2D eigenvalue weighted by Crippen LogP contribution is -2.11. The number of nitrogens with zero attached hydrogens (tertiary/aromatic N) is 3. The molecule has 96 valence electrons. The first-order valence-electron chi connectivity index (χ1n) is 6.30. The van der Waals surface area contributed by atoms with Crippen molar-refractivity contribution in [2.75, 3.05) is 6.61 Å². The summed E-state index contributed by atoms with van der Waals surface area (Å²) in [6, 6.07) is 9.83. The monoisotopic (exact) mass is 245 g/mol. The van der Waals surface area contributed by atoms with Gasteiger partial charge in [-0.05, 0) is 18.1 Å². The lowest BCUT2D eigenvalue weighted by Gasteiger charge is -2.09. The first-order chi connectivity index (χ1) is 8.75. The summed E-state index contributed by atoms with van der Waals surface area (Å²) in [6.45, 7) is 5.95. The van der Waals surface area contributed by atoms with Gasteiger partial charge < -0.3 is 9.30 Å². The molecular weight excluding hydrogens is 226 g/mol. The fourth-order valence-electron chi connectivity index (χ4n) is 1.80. The minimum atomic E-state index is 0.592. The van der Waals surface area contributed by atoms with Crippen LogP contribution in [0.4, 0.5) is 0 Å². The lowest BCUT2D eigenvalue weighted by molar-refractivity contribution is 0.315. The molecular formula is C14H19N3O. The van der Waals surface area contributed by atoms with Crippen molar-refractivity contribution in [3.63, 3.8) is 0 Å². The second-order valence-corrected chi connectivity index (χ2v) is 4.70. The topological polar surface area (TPSA) is 39.9 Å². The molecule has 0 fully saturated rings. The highest BCUT2D eigenvalue weighted by Crippen LogP contribution is 2.09. The van der Waals surface area contributed by atoms with Gasteiger partial charge in [-0.25, -0.2) is 0 Å². The highest BCUT2D eigenvalue weighted by atomic mass is 16.5. The number of rotatable bonds is 6. The van der Waals surface area contributed by atoms with Crippen molar-refractivity contribution in [3.05, 3.63) is 42.5 Å². The zero-order chi connectivity index (χ0) is 12.8. The first-order valence-corrected chi connectivity index (χ1v) is 6.30. The molecule has 0 bridgehead atoms. The molecule has 18 heavy (non-hydrogen) atoms. The van der Waals surface area contributed by atoms with Crippen molar-refractivity contribution < 1.29 is 4.74 Å². The molecule has 1 aromatic carbocycles. The molecule has 2 rings (SSSR count). The van der Waals surface area contributed by atoms with Gasteiger partial charge in [0.2, 0.25) is 0 Å². The Morgan fingerprint density at radius 2 is 2.00 bits per heavy atom. The number of ether oxygens (including phenoxy) is 1. The zero-order valence-electron chi connectivity index (χ0n) is 10.9. The van der Waals surface area contributed by atoms with Gasteiger partial charge >= 0.3 is 0 Å². The number of para-hydroxylation sites is 1. The summed E-state index contributed by atoms with van der Waals surface area (Å²) in [4.78, 5) is 0. The van der Waals surface area contributed by atoms with Crippen LogP contribution in [0.1, 0.15) is 19.7 Å². The number of aromatic nitrogens is 3. The minimum absolute atomic E-state index is 0.592. The molecule has 0 saturated carbocycles. The highest BCUT2D eigenvalue weighted by Gasteiger charge is 2.06. The number of benzene rings is 1. The van der Waals surface area contributed by atoms with Gasteiger partial charge in [-0.2, -0.15) is 0 Å². The van der Waals surface area contributed by atoms with E-state index < -0.39 is 0 Å². The maximum Gasteiger partial charge on any atom is 0.136 e. The van der Waals surface area contributed by atoms with Crippen LogP contribution in [0.5, 0.6) is 5.75 Å². The van der Waals surface area contributed by atoms with Gasteiger partial charge in [0.25, 0.3) is 0 Å². The van der Waals surface area contributed by atoms with E-state index in [1.807, 2.05) is 30.3 Å². The van der Waals surface area contributed by atoms with Gasteiger partial charge in [-0.15, -0.1) is 10.2 Å². The van der Waals surface area contributed by atoms with E-state index in [0.29, 0.717) is 12.5 Å². The van der Waals surface area contributed by atoms with Gasteiger partial charge in [0.1, 0.15) is 17.9 Å². The Labute approximate surface area is 108 Å². The molecule has 0 radical (unpaired) electrons. The third kappa shape index (κ3) is 3.58. The molecule has 0 saturated heterocycles. The van der Waals surface area contributed by atoms with Crippen LogP contribution in [0, 0.1) is 5.92 Å². The predicted octanol–water partition coefficient (Wildman–Crippen LogP) is 2.56. The van der Waals surface area contributed by atoms with Crippen molar-refractivity contribution >= 4 is 0 Å². The minimum Gasteiger partial charge on any atom is -0.493 e. The second-order valence-electron chi connectivity index (χ2n) is 4.70. The zero-order valence-corrected chi connectivity index (χ0v) is 10.9. The number of hydrogen-bond acceptors (Lipinski definition) is 3. The molecule has 4 nitrogen and oxygen atoms in total. The molecule has 0 amide bonds. The van der Waals surface area contributed by atoms with E-state index in [1.165, 1.54) is 0 Å². The molecule has 1 heterocycles. The van der Waals surface area contributed by atoms with Gasteiger partial charge in [0.15, 0.2) is 0 Å². The molecule has 0 atom stereocenters. The van der Waals surface area contributed by atoms with Crippen LogP contribution >= 0.6 is 0 Å². The van der Waals surface area contributed by atoms with Gasteiger partial charge in [0, 0.05) is 13.0 Å². The standard InChI is InChI=1S/C14H19N3O/c1-12(2)10-17-11-15-16-14(17)8-9-18-13-6-4-3-5-7-13/h3-7,11-12H,8-10H2,1-2H3. The van der Waals surface area contributed by atoms with Gasteiger partial charge in [-0.1, -0.05) is 32.0 Å². The molecule has 0 unspecified atom stereocenters. The second kappa shape index (κ2) is 6.19. The molecule has 0 spiro atoms. The van der Waals surface area contributed by atoms with E-state index >= 15 is 0 Å². The summed E-state index contributed by atoms with van der Waals surface area (Å²) in [7, 11) is 0. The molecule has 0 N–H and O–H groups in total. The van der Waals surface area contributed by atoms with Crippen LogP contribution in [-0.4, -0.2) is 21.4 Å². The lowest BCUT2D eigenvalue weighted by atomic mass is 10.2. The molecule has 1 aromatic heterocycles. The predicted molar refractivity (Wildman–Crippen MR) is 70.5 cm³/mol. The molecule has 0 aliphatic heterocycles. The van der Waals surface area contributed by atoms with E-state index in [4.69, 9.17) is 4.74 Å². The summed E-state index contributed by atoms with van der Waals surface area (Å²) in [5, 5.41) is 8.09. The summed E-state index contributed by atoms with van der Waals surface area (Å²) in [5.74, 6) is 2.47. The normalized spacial score (nSPS) is 10.8. The Hall–Kier alpha value is -1.84. The van der Waals surface area contributed by atoms with Crippen LogP contribution in [0.25, 0.3) is 0 Å². The summed E-state index contributed by atoms with van der Waals surface area (Å²) in [5.41, 5.74) is 0. The Morgan fingerprint density at radius 1 is 1.22 bits per heavy atom. The summed E-state index contributed by atoms with van der Waals surface area (Å²) in [6.07, 6.45) is 2.57. The van der Waals surface area contributed by atoms with E-state index in [9.17, 15) is 0 Å². The number of hydrogen-bond donors (Lipinski definition) is 0. The fraction of sp³-hybridized carbons (Fsp3) is 0.429. The average molecular weight is 245 g/mol. The first kappa shape index (κ1) is 12.6. The molecule has 4 heteroatoms. The van der Waals surface area contributed by atoms with Crippen LogP contribution in [-0.2, 0) is 13.0 Å². The molecule has 0 aliphatic rings. The van der Waals surface area contributed by atoms with E-state index in [1.54, 1.807) is 6.33 Å². The Bertz CT molecular complexity index is 465. The fourth-order valence-corrected chi connectivity index (χ4v) is 1.80. The van der Waals surface area contributed by atoms with E-state index in [2.05, 4.69) is 28.6 Å². The van der Waals surface area contributed by atoms with E-state index in [-0.39, 0.29) is 0 Å². The van der Waals surface area contributed by atoms with Crippen molar-refractivity contribution in [1.82, 2.24) is 14.8 Å². The molecule has 0 aliphatic carbocycles. The van der Waals surface area contributed by atoms with Crippen molar-refractivity contribution in [1.29, 1.82) is 0 Å². The third-order valence-electron chi connectivity index (χ3n) is 2.60. The van der Waals surface area contributed by atoms with Crippen LogP contribution in [0.2, 0.25) is 0 Å². The van der Waals surface area contributed by atoms with Crippen molar-refractivity contribution in [3.8, 4) is 5.75 Å². The van der Waals surface area contributed by atoms with Gasteiger partial charge in [0.05, 0.1) is 6.61 Å². The summed E-state index contributed by atoms with van der Waals surface area (Å²) >= 11 is 0. The maximum atomic E-state index is 5.66. The van der Waals surface area contributed by atoms with Crippen LogP contribution in [0.3, 0.4) is 0 Å². The SMILES string of the molecule is CC(C)Cn1cnnc1CCOc1ccccc1. The average Bonchev–Trinajstić information content (AvgIpc) is 2.77. The Balaban J connectivity index is 1.85. The highest BCUT2D eigenvalue weighted by molar-refractivity contribution is 5.20. The van der Waals surface area contributed by atoms with Crippen LogP contribution < -0.4 is 4.74 Å². The third-order valence-corrected chi connectivity index (χ3v) is 2.60. The van der Waals surface area contributed by atoms with E-state index in [0.717, 1.165) is 24.5 Å². The summed E-state index contributed by atoms with van der Waals surface area (Å²) < 4.78 is 7.75. The smallest absolute Gasteiger partial charge is 0.136 e. The van der Waals surface area contributed by atoms with Crippen molar-refractivity contribution in [2.45, 2.75) is 26.8 Å². The Kier molecular flexibility index (Phi) is 4.34. The molecule has 2 aromatic rings. The van der Waals surface area contributed by atoms with Crippen LogP contribution in [0.15, 0.2) is 36.7 Å².